The zero-order chi connectivity index (χ0) is 24.1. The maximum absolute atomic E-state index is 12.8. The molecule has 0 unspecified atom stereocenters. The number of hydrogen-bond donors (Lipinski definition) is 0. The summed E-state index contributed by atoms with van der Waals surface area (Å²) in [6.45, 7) is 4.38. The molecule has 184 valence electrons. The first kappa shape index (κ1) is 27.0. The average molecular weight is 459 g/mol. The first-order chi connectivity index (χ1) is 16.0. The molecule has 6 heteroatoms. The lowest BCUT2D eigenvalue weighted by molar-refractivity contribution is -0.166. The van der Waals surface area contributed by atoms with Gasteiger partial charge in [-0.15, -0.1) is 0 Å². The molecule has 2 rings (SSSR count). The number of carbonyl (C=O) groups is 4. The van der Waals surface area contributed by atoms with Crippen LogP contribution in [0.15, 0.2) is 24.3 Å². The third-order valence-electron chi connectivity index (χ3n) is 6.81. The summed E-state index contributed by atoms with van der Waals surface area (Å²) >= 11 is 0. The third kappa shape index (κ3) is 7.38. The Hall–Kier alpha value is -2.24. The Morgan fingerprint density at radius 1 is 0.485 bits per heavy atom. The van der Waals surface area contributed by atoms with Gasteiger partial charge in [-0.25, -0.2) is 0 Å². The zero-order valence-corrected chi connectivity index (χ0v) is 20.7. The predicted molar refractivity (Wildman–Crippen MR) is 130 cm³/mol. The summed E-state index contributed by atoms with van der Waals surface area (Å²) in [5, 5.41) is 0. The van der Waals surface area contributed by atoms with Crippen molar-refractivity contribution in [1.29, 1.82) is 0 Å². The molecule has 2 aliphatic heterocycles. The SMILES string of the molecule is CCCCCCCCCC(CCCCCCCCC)(N1C(=O)C=CC1=O)N1C(=O)C=CC1=O. The van der Waals surface area contributed by atoms with Crippen LogP contribution in [-0.4, -0.2) is 39.1 Å². The molecule has 0 fully saturated rings. The summed E-state index contributed by atoms with van der Waals surface area (Å²) in [6.07, 6.45) is 21.1. The molecule has 4 amide bonds. The van der Waals surface area contributed by atoms with Crippen LogP contribution in [0.3, 0.4) is 0 Å². The van der Waals surface area contributed by atoms with Crippen molar-refractivity contribution < 1.29 is 19.2 Å². The predicted octanol–water partition coefficient (Wildman–Crippen LogP) is 5.81. The minimum atomic E-state index is -1.22. The second-order valence-corrected chi connectivity index (χ2v) is 9.42. The Kier molecular flexibility index (Phi) is 11.6. The largest absolute Gasteiger partial charge is 0.269 e. The zero-order valence-electron chi connectivity index (χ0n) is 20.7. The molecule has 0 spiro atoms. The van der Waals surface area contributed by atoms with Crippen molar-refractivity contribution in [2.24, 2.45) is 0 Å². The molecule has 0 aromatic rings. The maximum Gasteiger partial charge on any atom is 0.255 e. The topological polar surface area (TPSA) is 74.8 Å². The lowest BCUT2D eigenvalue weighted by atomic mass is 9.90. The summed E-state index contributed by atoms with van der Waals surface area (Å²) in [5.74, 6) is -1.73. The van der Waals surface area contributed by atoms with Crippen molar-refractivity contribution in [3.63, 3.8) is 0 Å². The van der Waals surface area contributed by atoms with Crippen LogP contribution in [-0.2, 0) is 19.2 Å². The van der Waals surface area contributed by atoms with E-state index in [2.05, 4.69) is 13.8 Å². The molecule has 0 atom stereocenters. The van der Waals surface area contributed by atoms with E-state index in [-0.39, 0.29) is 0 Å². The molecular formula is C27H42N2O4. The number of unbranched alkanes of at least 4 members (excludes halogenated alkanes) is 12. The van der Waals surface area contributed by atoms with E-state index in [1.54, 1.807) is 0 Å². The van der Waals surface area contributed by atoms with Gasteiger partial charge in [-0.2, -0.15) is 0 Å². The van der Waals surface area contributed by atoms with Gasteiger partial charge in [0, 0.05) is 24.3 Å². The van der Waals surface area contributed by atoms with Crippen molar-refractivity contribution in [1.82, 2.24) is 9.80 Å². The van der Waals surface area contributed by atoms with E-state index in [0.717, 1.165) is 51.4 Å². The van der Waals surface area contributed by atoms with Gasteiger partial charge in [-0.3, -0.25) is 29.0 Å². The minimum absolute atomic E-state index is 0.432. The summed E-state index contributed by atoms with van der Waals surface area (Å²) in [6, 6.07) is 0. The number of hydrogen-bond acceptors (Lipinski definition) is 4. The monoisotopic (exact) mass is 458 g/mol. The summed E-state index contributed by atoms with van der Waals surface area (Å²) < 4.78 is 0. The first-order valence-electron chi connectivity index (χ1n) is 13.1. The standard InChI is InChI=1S/C27H42N2O4/c1-3-5-7-9-11-13-15-21-27(28-23(30)17-18-24(28)31,29-25(32)19-20-26(29)33)22-16-14-12-10-8-6-4-2/h17-20H,3-16,21-22H2,1-2H3. The van der Waals surface area contributed by atoms with Gasteiger partial charge in [-0.1, -0.05) is 90.9 Å². The van der Waals surface area contributed by atoms with E-state index >= 15 is 0 Å². The fourth-order valence-electron chi connectivity index (χ4n) is 5.02. The van der Waals surface area contributed by atoms with Gasteiger partial charge >= 0.3 is 0 Å². The highest BCUT2D eigenvalue weighted by Crippen LogP contribution is 2.37. The molecule has 0 saturated carbocycles. The molecule has 6 nitrogen and oxygen atoms in total. The quantitative estimate of drug-likeness (QED) is 0.192. The molecule has 0 aliphatic carbocycles. The van der Waals surface area contributed by atoms with Crippen LogP contribution in [0, 0.1) is 0 Å². The Morgan fingerprint density at radius 2 is 0.758 bits per heavy atom. The number of nitrogens with zero attached hydrogens (tertiary/aromatic N) is 2. The molecule has 0 aromatic heterocycles. The van der Waals surface area contributed by atoms with Crippen LogP contribution in [0.1, 0.15) is 117 Å². The fraction of sp³-hybridized carbons (Fsp3) is 0.704. The molecule has 0 N–H and O–H groups in total. The second kappa shape index (κ2) is 14.1. The van der Waals surface area contributed by atoms with E-state index in [0.29, 0.717) is 12.8 Å². The van der Waals surface area contributed by atoms with Crippen molar-refractivity contribution in [2.45, 2.75) is 122 Å². The Morgan fingerprint density at radius 3 is 1.06 bits per heavy atom. The summed E-state index contributed by atoms with van der Waals surface area (Å²) in [5.41, 5.74) is -1.22. The van der Waals surface area contributed by atoms with Crippen LogP contribution >= 0.6 is 0 Å². The molecule has 0 aromatic carbocycles. The Balaban J connectivity index is 2.14. The molecule has 33 heavy (non-hydrogen) atoms. The smallest absolute Gasteiger partial charge is 0.255 e. The highest BCUT2D eigenvalue weighted by Gasteiger charge is 2.52. The van der Waals surface area contributed by atoms with Crippen LogP contribution in [0.25, 0.3) is 0 Å². The number of carbonyl (C=O) groups excluding carboxylic acids is 4. The molecular weight excluding hydrogens is 416 g/mol. The number of imide groups is 2. The van der Waals surface area contributed by atoms with Gasteiger partial charge in [0.15, 0.2) is 0 Å². The van der Waals surface area contributed by atoms with Crippen LogP contribution in [0.2, 0.25) is 0 Å². The average Bonchev–Trinajstić information content (AvgIpc) is 3.32. The lowest BCUT2D eigenvalue weighted by Crippen LogP contribution is -2.64. The highest BCUT2D eigenvalue weighted by atomic mass is 16.2. The molecule has 0 radical (unpaired) electrons. The molecule has 0 saturated heterocycles. The van der Waals surface area contributed by atoms with Crippen LogP contribution in [0.5, 0.6) is 0 Å². The van der Waals surface area contributed by atoms with E-state index in [1.165, 1.54) is 72.6 Å². The van der Waals surface area contributed by atoms with Gasteiger partial charge in [0.25, 0.3) is 23.6 Å². The second-order valence-electron chi connectivity index (χ2n) is 9.42. The normalized spacial score (nSPS) is 16.2. The van der Waals surface area contributed by atoms with Gasteiger partial charge in [-0.05, 0) is 25.7 Å². The molecule has 2 heterocycles. The van der Waals surface area contributed by atoms with Gasteiger partial charge in [0.1, 0.15) is 5.66 Å². The minimum Gasteiger partial charge on any atom is -0.269 e. The van der Waals surface area contributed by atoms with E-state index < -0.39 is 29.3 Å². The third-order valence-corrected chi connectivity index (χ3v) is 6.81. The van der Waals surface area contributed by atoms with Crippen LogP contribution in [0.4, 0.5) is 0 Å². The first-order valence-corrected chi connectivity index (χ1v) is 13.1. The van der Waals surface area contributed by atoms with E-state index in [1.807, 2.05) is 0 Å². The maximum atomic E-state index is 12.8. The van der Waals surface area contributed by atoms with Crippen molar-refractivity contribution in [3.8, 4) is 0 Å². The van der Waals surface area contributed by atoms with E-state index in [9.17, 15) is 19.2 Å². The highest BCUT2D eigenvalue weighted by molar-refractivity contribution is 6.17. The van der Waals surface area contributed by atoms with E-state index in [4.69, 9.17) is 0 Å². The Bertz CT molecular complexity index is 642. The van der Waals surface area contributed by atoms with Crippen molar-refractivity contribution in [3.05, 3.63) is 24.3 Å². The summed E-state index contributed by atoms with van der Waals surface area (Å²) in [4.78, 5) is 53.4. The van der Waals surface area contributed by atoms with Crippen molar-refractivity contribution in [2.75, 3.05) is 0 Å². The number of rotatable bonds is 18. The van der Waals surface area contributed by atoms with Crippen LogP contribution < -0.4 is 0 Å². The van der Waals surface area contributed by atoms with Crippen molar-refractivity contribution >= 4 is 23.6 Å². The summed E-state index contributed by atoms with van der Waals surface area (Å²) in [7, 11) is 0. The molecule has 0 bridgehead atoms. The van der Waals surface area contributed by atoms with Gasteiger partial charge < -0.3 is 0 Å². The lowest BCUT2D eigenvalue weighted by Gasteiger charge is -2.46. The fourth-order valence-corrected chi connectivity index (χ4v) is 5.02. The van der Waals surface area contributed by atoms with Gasteiger partial charge in [0.2, 0.25) is 0 Å². The van der Waals surface area contributed by atoms with Gasteiger partial charge in [0.05, 0.1) is 0 Å². The number of amides is 4. The molecule has 2 aliphatic rings. The Labute approximate surface area is 199 Å².